The van der Waals surface area contributed by atoms with Crippen molar-refractivity contribution in [2.45, 2.75) is 48.2 Å². The van der Waals surface area contributed by atoms with Crippen molar-refractivity contribution in [2.24, 2.45) is 0 Å². The third-order valence-corrected chi connectivity index (χ3v) is 8.12. The Labute approximate surface area is 189 Å². The highest BCUT2D eigenvalue weighted by molar-refractivity contribution is 8.00. The van der Waals surface area contributed by atoms with Crippen LogP contribution in [0.5, 0.6) is 0 Å². The summed E-state index contributed by atoms with van der Waals surface area (Å²) in [6.07, 6.45) is 0. The van der Waals surface area contributed by atoms with Crippen LogP contribution in [0.15, 0.2) is 58.3 Å². The number of thioether (sulfide) groups is 1. The molecule has 1 saturated heterocycles. The lowest BCUT2D eigenvalue weighted by Gasteiger charge is -2.26. The summed E-state index contributed by atoms with van der Waals surface area (Å²) in [5, 5.41) is 2.51. The fourth-order valence-electron chi connectivity index (χ4n) is 3.21. The normalized spacial score (nSPS) is 16.6. The zero-order chi connectivity index (χ0) is 22.6. The Balaban J connectivity index is 1.65. The van der Waals surface area contributed by atoms with E-state index in [9.17, 15) is 13.2 Å². The molecule has 1 unspecified atom stereocenters. The van der Waals surface area contributed by atoms with Crippen LogP contribution in [0.3, 0.4) is 0 Å². The predicted octanol–water partition coefficient (Wildman–Crippen LogP) is 4.12. The van der Waals surface area contributed by atoms with E-state index in [1.807, 2.05) is 19.1 Å². The highest BCUT2D eigenvalue weighted by atomic mass is 32.2. The van der Waals surface area contributed by atoms with Gasteiger partial charge in [-0.3, -0.25) is 4.79 Å². The summed E-state index contributed by atoms with van der Waals surface area (Å²) < 4.78 is 32.4. The molecule has 6 nitrogen and oxygen atoms in total. The molecule has 1 aliphatic rings. The minimum atomic E-state index is -3.61. The number of anilines is 1. The Morgan fingerprint density at radius 3 is 2.35 bits per heavy atom. The van der Waals surface area contributed by atoms with Crippen LogP contribution in [-0.4, -0.2) is 50.2 Å². The molecule has 0 saturated carbocycles. The van der Waals surface area contributed by atoms with E-state index in [0.717, 1.165) is 4.90 Å². The van der Waals surface area contributed by atoms with Crippen LogP contribution in [-0.2, 0) is 25.0 Å². The number of sulfonamides is 1. The van der Waals surface area contributed by atoms with Crippen LogP contribution in [0, 0.1) is 0 Å². The number of carbonyl (C=O) groups excluding carboxylic acids is 1. The Morgan fingerprint density at radius 2 is 1.74 bits per heavy atom. The first-order valence-electron chi connectivity index (χ1n) is 10.3. The van der Waals surface area contributed by atoms with E-state index in [-0.39, 0.29) is 21.5 Å². The third-order valence-electron chi connectivity index (χ3n) is 5.11. The number of amides is 1. The second-order valence-corrected chi connectivity index (χ2v) is 11.9. The van der Waals surface area contributed by atoms with Gasteiger partial charge in [-0.25, -0.2) is 8.42 Å². The summed E-state index contributed by atoms with van der Waals surface area (Å²) in [7, 11) is -3.61. The van der Waals surface area contributed by atoms with E-state index in [4.69, 9.17) is 4.74 Å². The van der Waals surface area contributed by atoms with Crippen LogP contribution >= 0.6 is 11.8 Å². The van der Waals surface area contributed by atoms with Crippen LogP contribution in [0.1, 0.15) is 33.3 Å². The number of carbonyl (C=O) groups is 1. The average Bonchev–Trinajstić information content (AvgIpc) is 2.74. The van der Waals surface area contributed by atoms with Crippen molar-refractivity contribution in [2.75, 3.05) is 31.6 Å². The van der Waals surface area contributed by atoms with Gasteiger partial charge in [0.1, 0.15) is 0 Å². The van der Waals surface area contributed by atoms with E-state index >= 15 is 0 Å². The van der Waals surface area contributed by atoms with Gasteiger partial charge in [0.05, 0.1) is 23.4 Å². The summed E-state index contributed by atoms with van der Waals surface area (Å²) >= 11 is 1.47. The lowest BCUT2D eigenvalue weighted by molar-refractivity contribution is -0.115. The smallest absolute Gasteiger partial charge is 0.243 e. The fraction of sp³-hybridized carbons (Fsp3) is 0.435. The van der Waals surface area contributed by atoms with Crippen LogP contribution < -0.4 is 5.32 Å². The lowest BCUT2D eigenvalue weighted by Crippen LogP contribution is -2.40. The highest BCUT2D eigenvalue weighted by Gasteiger charge is 2.26. The van der Waals surface area contributed by atoms with Gasteiger partial charge in [0.2, 0.25) is 15.9 Å². The van der Waals surface area contributed by atoms with Gasteiger partial charge in [-0.05, 0) is 48.2 Å². The summed E-state index contributed by atoms with van der Waals surface area (Å²) in [5.74, 6) is -0.175. The number of benzene rings is 2. The van der Waals surface area contributed by atoms with Gasteiger partial charge in [0.15, 0.2) is 0 Å². The molecular formula is C23H30N2O4S2. The van der Waals surface area contributed by atoms with Gasteiger partial charge in [-0.1, -0.05) is 39.0 Å². The van der Waals surface area contributed by atoms with Gasteiger partial charge >= 0.3 is 0 Å². The van der Waals surface area contributed by atoms with Crippen molar-refractivity contribution in [3.63, 3.8) is 0 Å². The Bertz CT molecular complexity index is 1010. The van der Waals surface area contributed by atoms with Crippen molar-refractivity contribution < 1.29 is 17.9 Å². The first-order chi connectivity index (χ1) is 14.6. The molecule has 1 amide bonds. The molecule has 1 fully saturated rings. The molecule has 8 heteroatoms. The van der Waals surface area contributed by atoms with E-state index in [0.29, 0.717) is 32.0 Å². The summed E-state index contributed by atoms with van der Waals surface area (Å²) in [5.41, 5.74) is 1.79. The van der Waals surface area contributed by atoms with Crippen molar-refractivity contribution in [1.29, 1.82) is 0 Å². The molecule has 0 spiro atoms. The van der Waals surface area contributed by atoms with E-state index < -0.39 is 10.0 Å². The Morgan fingerprint density at radius 1 is 1.10 bits per heavy atom. The zero-order valence-electron chi connectivity index (χ0n) is 18.4. The largest absolute Gasteiger partial charge is 0.379 e. The quantitative estimate of drug-likeness (QED) is 0.654. The molecule has 0 bridgehead atoms. The predicted molar refractivity (Wildman–Crippen MR) is 125 cm³/mol. The first-order valence-corrected chi connectivity index (χ1v) is 12.7. The van der Waals surface area contributed by atoms with E-state index in [1.165, 1.54) is 27.7 Å². The molecule has 31 heavy (non-hydrogen) atoms. The molecule has 168 valence electrons. The van der Waals surface area contributed by atoms with Crippen LogP contribution in [0.2, 0.25) is 0 Å². The molecule has 1 aliphatic heterocycles. The number of nitrogens with one attached hydrogen (secondary N) is 1. The number of hydrogen-bond donors (Lipinski definition) is 1. The summed E-state index contributed by atoms with van der Waals surface area (Å²) in [6, 6.07) is 14.7. The molecule has 1 N–H and O–H groups in total. The number of morpholine rings is 1. The standard InChI is InChI=1S/C23H30N2O4S2/c1-17(30-20-10-8-18(9-11-20)23(2,3)4)22(26)24-19-6-5-7-21(16-19)31(27,28)25-12-14-29-15-13-25/h5-11,16-17H,12-15H2,1-4H3,(H,24,26). The van der Waals surface area contributed by atoms with Gasteiger partial charge in [0, 0.05) is 23.7 Å². The van der Waals surface area contributed by atoms with E-state index in [1.54, 1.807) is 18.2 Å². The molecule has 2 aromatic carbocycles. The number of nitrogens with zero attached hydrogens (tertiary/aromatic N) is 1. The second-order valence-electron chi connectivity index (χ2n) is 8.57. The maximum Gasteiger partial charge on any atom is 0.243 e. The third kappa shape index (κ3) is 6.10. The van der Waals surface area contributed by atoms with Crippen LogP contribution in [0.4, 0.5) is 5.69 Å². The minimum Gasteiger partial charge on any atom is -0.379 e. The molecular weight excluding hydrogens is 432 g/mol. The van der Waals surface area contributed by atoms with Crippen molar-refractivity contribution >= 4 is 33.4 Å². The summed E-state index contributed by atoms with van der Waals surface area (Å²) in [4.78, 5) is 13.9. The van der Waals surface area contributed by atoms with Gasteiger partial charge in [-0.15, -0.1) is 11.8 Å². The lowest BCUT2D eigenvalue weighted by atomic mass is 9.87. The molecule has 3 rings (SSSR count). The van der Waals surface area contributed by atoms with Crippen molar-refractivity contribution in [3.05, 3.63) is 54.1 Å². The zero-order valence-corrected chi connectivity index (χ0v) is 20.1. The first kappa shape index (κ1) is 23.8. The van der Waals surface area contributed by atoms with Crippen molar-refractivity contribution in [1.82, 2.24) is 4.31 Å². The van der Waals surface area contributed by atoms with Gasteiger partial charge in [0.25, 0.3) is 0 Å². The maximum atomic E-state index is 12.9. The molecule has 2 aromatic rings. The number of ether oxygens (including phenoxy) is 1. The fourth-order valence-corrected chi connectivity index (χ4v) is 5.53. The minimum absolute atomic E-state index is 0.0821. The molecule has 1 atom stereocenters. The Kier molecular flexibility index (Phi) is 7.47. The monoisotopic (exact) mass is 462 g/mol. The molecule has 0 aromatic heterocycles. The van der Waals surface area contributed by atoms with E-state index in [2.05, 4.69) is 38.2 Å². The Hall–Kier alpha value is -1.87. The van der Waals surface area contributed by atoms with Gasteiger partial charge < -0.3 is 10.1 Å². The number of hydrogen-bond acceptors (Lipinski definition) is 5. The molecule has 0 aliphatic carbocycles. The average molecular weight is 463 g/mol. The molecule has 0 radical (unpaired) electrons. The maximum absolute atomic E-state index is 12.9. The SMILES string of the molecule is CC(Sc1ccc(C(C)(C)C)cc1)C(=O)Nc1cccc(S(=O)(=O)N2CCOCC2)c1. The topological polar surface area (TPSA) is 75.7 Å². The highest BCUT2D eigenvalue weighted by Crippen LogP contribution is 2.28. The summed E-state index contributed by atoms with van der Waals surface area (Å²) in [6.45, 7) is 9.78. The molecule has 1 heterocycles. The second kappa shape index (κ2) is 9.73. The number of rotatable bonds is 6. The van der Waals surface area contributed by atoms with Crippen LogP contribution in [0.25, 0.3) is 0 Å². The van der Waals surface area contributed by atoms with Gasteiger partial charge in [-0.2, -0.15) is 4.31 Å². The van der Waals surface area contributed by atoms with Crippen molar-refractivity contribution in [3.8, 4) is 0 Å².